The van der Waals surface area contributed by atoms with Crippen LogP contribution in [0.15, 0.2) is 0 Å². The zero-order valence-corrected chi connectivity index (χ0v) is 8.90. The molecule has 1 saturated carbocycles. The fourth-order valence-electron chi connectivity index (χ4n) is 2.80. The number of nitrogens with one attached hydrogen (secondary N) is 1. The molecule has 1 aliphatic rings. The van der Waals surface area contributed by atoms with Crippen molar-refractivity contribution in [3.8, 4) is 0 Å². The molecule has 78 valence electrons. The zero-order chi connectivity index (χ0) is 9.95. The van der Waals surface area contributed by atoms with Crippen molar-refractivity contribution in [3.63, 3.8) is 0 Å². The third-order valence-corrected chi connectivity index (χ3v) is 3.16. The summed E-state index contributed by atoms with van der Waals surface area (Å²) >= 11 is 0. The van der Waals surface area contributed by atoms with E-state index in [0.717, 1.165) is 25.7 Å². The third kappa shape index (κ3) is 2.22. The van der Waals surface area contributed by atoms with Crippen molar-refractivity contribution in [1.82, 2.24) is 5.43 Å². The molecular formula is C10H23N3. The van der Waals surface area contributed by atoms with Gasteiger partial charge in [-0.1, -0.05) is 26.7 Å². The Hall–Kier alpha value is -0.120. The second kappa shape index (κ2) is 3.95. The van der Waals surface area contributed by atoms with Crippen LogP contribution in [0.1, 0.15) is 52.4 Å². The average Bonchev–Trinajstić information content (AvgIpc) is 2.02. The quantitative estimate of drug-likeness (QED) is 0.446. The van der Waals surface area contributed by atoms with Crippen LogP contribution in [0.3, 0.4) is 0 Å². The van der Waals surface area contributed by atoms with Gasteiger partial charge in [0.05, 0.1) is 0 Å². The van der Waals surface area contributed by atoms with Gasteiger partial charge in [0.25, 0.3) is 0 Å². The van der Waals surface area contributed by atoms with Gasteiger partial charge in [-0.2, -0.15) is 0 Å². The summed E-state index contributed by atoms with van der Waals surface area (Å²) in [6.07, 6.45) is 6.69. The lowest BCUT2D eigenvalue weighted by atomic mass is 9.60. The van der Waals surface area contributed by atoms with E-state index in [9.17, 15) is 0 Å². The highest BCUT2D eigenvalue weighted by molar-refractivity contribution is 5.11. The molecule has 5 N–H and O–H groups in total. The molecule has 3 nitrogen and oxygen atoms in total. The first-order valence-electron chi connectivity index (χ1n) is 5.36. The number of nitrogens with two attached hydrogens (primary N) is 2. The molecule has 13 heavy (non-hydrogen) atoms. The molecule has 1 aliphatic carbocycles. The smallest absolute Gasteiger partial charge is 0.0356 e. The summed E-state index contributed by atoms with van der Waals surface area (Å²) in [6.45, 7) is 4.37. The second-order valence-corrected chi connectivity index (χ2v) is 4.64. The number of hydrazine groups is 1. The SMILES string of the molecule is CCCC1(N)CC(CCC)(NN)C1. The van der Waals surface area contributed by atoms with Crippen molar-refractivity contribution in [3.05, 3.63) is 0 Å². The van der Waals surface area contributed by atoms with Gasteiger partial charge in [-0.3, -0.25) is 11.3 Å². The molecule has 0 aromatic carbocycles. The normalized spacial score (nSPS) is 38.8. The Balaban J connectivity index is 2.42. The van der Waals surface area contributed by atoms with Crippen molar-refractivity contribution < 1.29 is 0 Å². The van der Waals surface area contributed by atoms with Crippen LogP contribution in [0.5, 0.6) is 0 Å². The van der Waals surface area contributed by atoms with Crippen molar-refractivity contribution in [2.24, 2.45) is 11.6 Å². The number of hydrogen-bond donors (Lipinski definition) is 3. The van der Waals surface area contributed by atoms with E-state index in [4.69, 9.17) is 11.6 Å². The van der Waals surface area contributed by atoms with Crippen molar-refractivity contribution in [2.75, 3.05) is 0 Å². The minimum atomic E-state index is 0.0658. The standard InChI is InChI=1S/C10H23N3/c1-3-5-9(11)7-10(8-9,13-12)6-4-2/h13H,3-8,11-12H2,1-2H3. The van der Waals surface area contributed by atoms with E-state index in [0.29, 0.717) is 0 Å². The lowest BCUT2D eigenvalue weighted by molar-refractivity contribution is 0.0572. The monoisotopic (exact) mass is 185 g/mol. The zero-order valence-electron chi connectivity index (χ0n) is 8.90. The molecule has 3 heteroatoms. The molecule has 0 bridgehead atoms. The summed E-state index contributed by atoms with van der Waals surface area (Å²) in [5.41, 5.74) is 9.37. The molecule has 1 rings (SSSR count). The van der Waals surface area contributed by atoms with Crippen LogP contribution in [0.4, 0.5) is 0 Å². The van der Waals surface area contributed by atoms with Crippen LogP contribution in [-0.4, -0.2) is 11.1 Å². The van der Waals surface area contributed by atoms with Crippen molar-refractivity contribution in [2.45, 2.75) is 63.5 Å². The van der Waals surface area contributed by atoms with E-state index in [1.54, 1.807) is 0 Å². The van der Waals surface area contributed by atoms with Crippen molar-refractivity contribution in [1.29, 1.82) is 0 Å². The number of rotatable bonds is 5. The highest BCUT2D eigenvalue weighted by atomic mass is 15.3. The van der Waals surface area contributed by atoms with Crippen LogP contribution in [-0.2, 0) is 0 Å². The van der Waals surface area contributed by atoms with Gasteiger partial charge in [-0.05, 0) is 25.7 Å². The maximum Gasteiger partial charge on any atom is 0.0356 e. The van der Waals surface area contributed by atoms with Crippen LogP contribution >= 0.6 is 0 Å². The minimum Gasteiger partial charge on any atom is -0.325 e. The van der Waals surface area contributed by atoms with E-state index in [2.05, 4.69) is 19.3 Å². The van der Waals surface area contributed by atoms with Crippen LogP contribution in [0.25, 0.3) is 0 Å². The molecule has 0 heterocycles. The molecule has 0 aromatic rings. The predicted molar refractivity (Wildman–Crippen MR) is 56.0 cm³/mol. The van der Waals surface area contributed by atoms with Gasteiger partial charge in [0.2, 0.25) is 0 Å². The molecule has 1 fully saturated rings. The highest BCUT2D eigenvalue weighted by Crippen LogP contribution is 2.44. The first-order chi connectivity index (χ1) is 6.10. The van der Waals surface area contributed by atoms with E-state index in [-0.39, 0.29) is 11.1 Å². The van der Waals surface area contributed by atoms with Crippen molar-refractivity contribution >= 4 is 0 Å². The molecular weight excluding hydrogens is 162 g/mol. The molecule has 0 atom stereocenters. The first kappa shape index (κ1) is 11.0. The Morgan fingerprint density at radius 2 is 1.69 bits per heavy atom. The summed E-state index contributed by atoms with van der Waals surface area (Å²) in [5.74, 6) is 5.57. The lowest BCUT2D eigenvalue weighted by Crippen LogP contribution is -2.69. The lowest BCUT2D eigenvalue weighted by Gasteiger charge is -2.54. The number of hydrogen-bond acceptors (Lipinski definition) is 3. The summed E-state index contributed by atoms with van der Waals surface area (Å²) in [4.78, 5) is 0. The van der Waals surface area contributed by atoms with Gasteiger partial charge < -0.3 is 5.73 Å². The maximum absolute atomic E-state index is 6.20. The summed E-state index contributed by atoms with van der Waals surface area (Å²) < 4.78 is 0. The van der Waals surface area contributed by atoms with Gasteiger partial charge in [0.15, 0.2) is 0 Å². The van der Waals surface area contributed by atoms with Gasteiger partial charge in [-0.15, -0.1) is 0 Å². The Labute approximate surface area is 81.2 Å². The minimum absolute atomic E-state index is 0.0658. The first-order valence-corrected chi connectivity index (χ1v) is 5.36. The Morgan fingerprint density at radius 3 is 2.08 bits per heavy atom. The largest absolute Gasteiger partial charge is 0.325 e. The molecule has 0 saturated heterocycles. The summed E-state index contributed by atoms with van der Waals surface area (Å²) in [6, 6.07) is 0. The highest BCUT2D eigenvalue weighted by Gasteiger charge is 2.50. The molecule has 0 radical (unpaired) electrons. The molecule has 0 aromatic heterocycles. The average molecular weight is 185 g/mol. The van der Waals surface area contributed by atoms with Crippen LogP contribution in [0.2, 0.25) is 0 Å². The van der Waals surface area contributed by atoms with Gasteiger partial charge >= 0.3 is 0 Å². The summed E-state index contributed by atoms with van der Waals surface area (Å²) in [5, 5.41) is 0. The topological polar surface area (TPSA) is 64.1 Å². The van der Waals surface area contributed by atoms with Gasteiger partial charge in [0.1, 0.15) is 0 Å². The molecule has 0 unspecified atom stereocenters. The molecule has 0 aliphatic heterocycles. The Morgan fingerprint density at radius 1 is 1.15 bits per heavy atom. The molecule has 0 spiro atoms. The van der Waals surface area contributed by atoms with E-state index in [1.165, 1.54) is 12.8 Å². The van der Waals surface area contributed by atoms with Gasteiger partial charge in [0, 0.05) is 11.1 Å². The van der Waals surface area contributed by atoms with Crippen LogP contribution < -0.4 is 17.0 Å². The van der Waals surface area contributed by atoms with E-state index in [1.807, 2.05) is 0 Å². The Kier molecular flexibility index (Phi) is 3.33. The second-order valence-electron chi connectivity index (χ2n) is 4.64. The predicted octanol–water partition coefficient (Wildman–Crippen LogP) is 1.28. The fourth-order valence-corrected chi connectivity index (χ4v) is 2.80. The van der Waals surface area contributed by atoms with E-state index < -0.39 is 0 Å². The third-order valence-electron chi connectivity index (χ3n) is 3.16. The van der Waals surface area contributed by atoms with Gasteiger partial charge in [-0.25, -0.2) is 0 Å². The van der Waals surface area contributed by atoms with Crippen LogP contribution in [0, 0.1) is 0 Å². The fraction of sp³-hybridized carbons (Fsp3) is 1.00. The van der Waals surface area contributed by atoms with E-state index >= 15 is 0 Å². The molecule has 0 amide bonds. The Bertz CT molecular complexity index is 162. The maximum atomic E-state index is 6.20. The summed E-state index contributed by atoms with van der Waals surface area (Å²) in [7, 11) is 0.